The lowest BCUT2D eigenvalue weighted by Gasteiger charge is -2.13. The molecule has 0 N–H and O–H groups in total. The molecular weight excluding hydrogens is 262 g/mol. The standard InChI is InChI=1S/C18H23NS/c1-14-9-10-17(15(2)13-14)20-18-8-6-5-7-16(18)11-12-19(3)4/h5-10,13H,11-12H2,1-4H3. The number of benzene rings is 2. The van der Waals surface area contributed by atoms with Crippen molar-refractivity contribution < 1.29 is 0 Å². The molecule has 0 aliphatic rings. The topological polar surface area (TPSA) is 3.24 Å². The van der Waals surface area contributed by atoms with E-state index in [1.54, 1.807) is 0 Å². The number of nitrogens with zero attached hydrogens (tertiary/aromatic N) is 1. The number of rotatable bonds is 5. The van der Waals surface area contributed by atoms with Crippen LogP contribution in [0.3, 0.4) is 0 Å². The van der Waals surface area contributed by atoms with Crippen LogP contribution < -0.4 is 0 Å². The van der Waals surface area contributed by atoms with Gasteiger partial charge in [0.25, 0.3) is 0 Å². The normalized spacial score (nSPS) is 11.1. The van der Waals surface area contributed by atoms with Crippen molar-refractivity contribution in [2.45, 2.75) is 30.1 Å². The predicted octanol–water partition coefficient (Wildman–Crippen LogP) is 4.56. The Morgan fingerprint density at radius 3 is 2.40 bits per heavy atom. The van der Waals surface area contributed by atoms with Crippen molar-refractivity contribution in [2.75, 3.05) is 20.6 Å². The van der Waals surface area contributed by atoms with Crippen molar-refractivity contribution in [1.82, 2.24) is 4.90 Å². The van der Waals surface area contributed by atoms with Crippen molar-refractivity contribution >= 4 is 11.8 Å². The first-order chi connectivity index (χ1) is 9.56. The van der Waals surface area contributed by atoms with Crippen molar-refractivity contribution in [3.63, 3.8) is 0 Å². The first-order valence-electron chi connectivity index (χ1n) is 7.04. The molecule has 0 unspecified atom stereocenters. The van der Waals surface area contributed by atoms with Crippen LogP contribution in [0.2, 0.25) is 0 Å². The quantitative estimate of drug-likeness (QED) is 0.792. The van der Waals surface area contributed by atoms with Crippen molar-refractivity contribution in [3.05, 3.63) is 59.2 Å². The van der Waals surface area contributed by atoms with Gasteiger partial charge in [-0.2, -0.15) is 0 Å². The number of likely N-dealkylation sites (N-methyl/N-ethyl adjacent to an activating group) is 1. The van der Waals surface area contributed by atoms with Gasteiger partial charge in [0.15, 0.2) is 0 Å². The third-order valence-electron chi connectivity index (χ3n) is 3.35. The SMILES string of the molecule is Cc1ccc(Sc2ccccc2CCN(C)C)c(C)c1. The summed E-state index contributed by atoms with van der Waals surface area (Å²) < 4.78 is 0. The summed E-state index contributed by atoms with van der Waals surface area (Å²) in [6, 6.07) is 15.4. The average Bonchev–Trinajstić information content (AvgIpc) is 2.41. The highest BCUT2D eigenvalue weighted by Gasteiger charge is 2.06. The van der Waals surface area contributed by atoms with Crippen LogP contribution in [0.5, 0.6) is 0 Å². The zero-order chi connectivity index (χ0) is 14.5. The molecule has 0 aliphatic heterocycles. The molecule has 0 bridgehead atoms. The first-order valence-corrected chi connectivity index (χ1v) is 7.85. The molecule has 2 rings (SSSR count). The Bertz CT molecular complexity index is 575. The second kappa shape index (κ2) is 6.96. The van der Waals surface area contributed by atoms with Gasteiger partial charge in [0, 0.05) is 16.3 Å². The molecule has 0 aliphatic carbocycles. The van der Waals surface area contributed by atoms with E-state index in [1.165, 1.54) is 26.5 Å². The van der Waals surface area contributed by atoms with Crippen LogP contribution in [0, 0.1) is 13.8 Å². The fourth-order valence-corrected chi connectivity index (χ4v) is 3.23. The first kappa shape index (κ1) is 15.1. The summed E-state index contributed by atoms with van der Waals surface area (Å²) in [5.74, 6) is 0. The maximum absolute atomic E-state index is 2.25. The third kappa shape index (κ3) is 4.12. The Balaban J connectivity index is 2.20. The molecule has 0 amide bonds. The van der Waals surface area contributed by atoms with Gasteiger partial charge < -0.3 is 4.90 Å². The van der Waals surface area contributed by atoms with Crippen LogP contribution in [0.15, 0.2) is 52.3 Å². The predicted molar refractivity (Wildman–Crippen MR) is 88.7 cm³/mol. The summed E-state index contributed by atoms with van der Waals surface area (Å²) in [7, 11) is 4.25. The van der Waals surface area contributed by atoms with E-state index in [-0.39, 0.29) is 0 Å². The monoisotopic (exact) mass is 285 g/mol. The Morgan fingerprint density at radius 2 is 1.70 bits per heavy atom. The van der Waals surface area contributed by atoms with Crippen molar-refractivity contribution in [2.24, 2.45) is 0 Å². The lowest BCUT2D eigenvalue weighted by Crippen LogP contribution is -2.15. The van der Waals surface area contributed by atoms with E-state index in [0.29, 0.717) is 0 Å². The molecular formula is C18H23NS. The van der Waals surface area contributed by atoms with E-state index in [2.05, 4.69) is 75.3 Å². The van der Waals surface area contributed by atoms with Gasteiger partial charge in [0.2, 0.25) is 0 Å². The van der Waals surface area contributed by atoms with Gasteiger partial charge in [0.1, 0.15) is 0 Å². The molecule has 2 heteroatoms. The molecule has 0 heterocycles. The minimum Gasteiger partial charge on any atom is -0.309 e. The van der Waals surface area contributed by atoms with E-state index in [1.807, 2.05) is 11.8 Å². The highest BCUT2D eigenvalue weighted by molar-refractivity contribution is 7.99. The third-order valence-corrected chi connectivity index (χ3v) is 4.65. The molecule has 0 atom stereocenters. The molecule has 0 aromatic heterocycles. The number of aryl methyl sites for hydroxylation is 2. The Labute approximate surface area is 127 Å². The fraction of sp³-hybridized carbons (Fsp3) is 0.333. The molecule has 1 nitrogen and oxygen atoms in total. The molecule has 0 spiro atoms. The molecule has 2 aromatic carbocycles. The van der Waals surface area contributed by atoms with E-state index in [9.17, 15) is 0 Å². The van der Waals surface area contributed by atoms with E-state index < -0.39 is 0 Å². The van der Waals surface area contributed by atoms with Gasteiger partial charge >= 0.3 is 0 Å². The highest BCUT2D eigenvalue weighted by Crippen LogP contribution is 2.33. The molecule has 0 fully saturated rings. The fourth-order valence-electron chi connectivity index (χ4n) is 2.19. The van der Waals surface area contributed by atoms with Crippen LogP contribution in [-0.4, -0.2) is 25.5 Å². The van der Waals surface area contributed by atoms with E-state index in [4.69, 9.17) is 0 Å². The maximum atomic E-state index is 2.25. The highest BCUT2D eigenvalue weighted by atomic mass is 32.2. The minimum absolute atomic E-state index is 1.09. The molecule has 2 aromatic rings. The van der Waals surface area contributed by atoms with Crippen LogP contribution in [0.25, 0.3) is 0 Å². The van der Waals surface area contributed by atoms with Crippen molar-refractivity contribution in [1.29, 1.82) is 0 Å². The van der Waals surface area contributed by atoms with E-state index in [0.717, 1.165) is 13.0 Å². The van der Waals surface area contributed by atoms with Gasteiger partial charge in [-0.15, -0.1) is 0 Å². The van der Waals surface area contributed by atoms with Gasteiger partial charge in [0.05, 0.1) is 0 Å². The second-order valence-electron chi connectivity index (χ2n) is 5.53. The van der Waals surface area contributed by atoms with Crippen LogP contribution in [0.1, 0.15) is 16.7 Å². The van der Waals surface area contributed by atoms with Crippen LogP contribution >= 0.6 is 11.8 Å². The van der Waals surface area contributed by atoms with Crippen molar-refractivity contribution in [3.8, 4) is 0 Å². The summed E-state index contributed by atoms with van der Waals surface area (Å²) in [6.07, 6.45) is 1.10. The largest absolute Gasteiger partial charge is 0.309 e. The lowest BCUT2D eigenvalue weighted by atomic mass is 10.1. The zero-order valence-electron chi connectivity index (χ0n) is 12.8. The summed E-state index contributed by atoms with van der Waals surface area (Å²) in [4.78, 5) is 4.97. The summed E-state index contributed by atoms with van der Waals surface area (Å²) in [5.41, 5.74) is 4.12. The van der Waals surface area contributed by atoms with Gasteiger partial charge in [-0.1, -0.05) is 47.7 Å². The zero-order valence-corrected chi connectivity index (χ0v) is 13.6. The van der Waals surface area contributed by atoms with Gasteiger partial charge in [-0.05, 0) is 57.6 Å². The summed E-state index contributed by atoms with van der Waals surface area (Å²) in [5, 5.41) is 0. The summed E-state index contributed by atoms with van der Waals surface area (Å²) in [6.45, 7) is 5.43. The Morgan fingerprint density at radius 1 is 0.950 bits per heavy atom. The molecule has 0 saturated carbocycles. The average molecular weight is 285 g/mol. The van der Waals surface area contributed by atoms with E-state index >= 15 is 0 Å². The van der Waals surface area contributed by atoms with Gasteiger partial charge in [-0.25, -0.2) is 0 Å². The number of hydrogen-bond acceptors (Lipinski definition) is 2. The molecule has 106 valence electrons. The maximum Gasteiger partial charge on any atom is 0.0154 e. The Hall–Kier alpha value is -1.25. The number of hydrogen-bond donors (Lipinski definition) is 0. The molecule has 20 heavy (non-hydrogen) atoms. The van der Waals surface area contributed by atoms with Gasteiger partial charge in [-0.3, -0.25) is 0 Å². The Kier molecular flexibility index (Phi) is 5.27. The molecule has 0 saturated heterocycles. The van der Waals surface area contributed by atoms with Crippen LogP contribution in [0.4, 0.5) is 0 Å². The van der Waals surface area contributed by atoms with Crippen LogP contribution in [-0.2, 0) is 6.42 Å². The lowest BCUT2D eigenvalue weighted by molar-refractivity contribution is 0.412. The molecule has 0 radical (unpaired) electrons. The second-order valence-corrected chi connectivity index (χ2v) is 6.62. The minimum atomic E-state index is 1.09. The smallest absolute Gasteiger partial charge is 0.0154 e. The summed E-state index contributed by atoms with van der Waals surface area (Å²) >= 11 is 1.88.